The van der Waals surface area contributed by atoms with Gasteiger partial charge < -0.3 is 9.47 Å². The van der Waals surface area contributed by atoms with Crippen molar-refractivity contribution in [1.82, 2.24) is 9.47 Å². The molecule has 0 aliphatic heterocycles. The molecule has 1 saturated carbocycles. The van der Waals surface area contributed by atoms with E-state index in [1.807, 2.05) is 0 Å². The summed E-state index contributed by atoms with van der Waals surface area (Å²) in [5.41, 5.74) is -2.63. The Morgan fingerprint density at radius 1 is 1.33 bits per heavy atom. The van der Waals surface area contributed by atoms with Gasteiger partial charge in [0.2, 0.25) is 5.91 Å². The highest BCUT2D eigenvalue weighted by Crippen LogP contribution is 2.32. The average molecular weight is 341 g/mol. The minimum absolute atomic E-state index is 0.525. The van der Waals surface area contributed by atoms with E-state index < -0.39 is 35.3 Å². The third-order valence-corrected chi connectivity index (χ3v) is 4.52. The maximum atomic E-state index is 12.7. The maximum absolute atomic E-state index is 12.7. The quantitative estimate of drug-likeness (QED) is 0.849. The number of hydrogen-bond donors (Lipinski definition) is 0. The Hall–Kier alpha value is -2.30. The summed E-state index contributed by atoms with van der Waals surface area (Å²) in [5, 5.41) is 9.47. The minimum Gasteiger partial charge on any atom is -0.325 e. The van der Waals surface area contributed by atoms with Crippen molar-refractivity contribution in [2.45, 2.75) is 50.4 Å². The number of halogens is 3. The fourth-order valence-electron chi connectivity index (χ4n) is 2.97. The second-order valence-electron chi connectivity index (χ2n) is 6.04. The average Bonchev–Trinajstić information content (AvgIpc) is 2.55. The van der Waals surface area contributed by atoms with E-state index in [4.69, 9.17) is 0 Å². The van der Waals surface area contributed by atoms with E-state index in [9.17, 15) is 28.0 Å². The lowest BCUT2D eigenvalue weighted by Gasteiger charge is -2.39. The summed E-state index contributed by atoms with van der Waals surface area (Å²) in [6.07, 6.45) is -0.288. The van der Waals surface area contributed by atoms with Crippen LogP contribution in [0.15, 0.2) is 23.1 Å². The molecule has 1 aromatic heterocycles. The molecule has 1 amide bonds. The monoisotopic (exact) mass is 341 g/mol. The summed E-state index contributed by atoms with van der Waals surface area (Å²) in [6, 6.07) is 3.65. The molecule has 2 rings (SSSR count). The molecular weight excluding hydrogens is 323 g/mol. The van der Waals surface area contributed by atoms with Gasteiger partial charge in [0.25, 0.3) is 5.56 Å². The number of nitrogens with zero attached hydrogens (tertiary/aromatic N) is 3. The third-order valence-electron chi connectivity index (χ3n) is 4.52. The van der Waals surface area contributed by atoms with Crippen molar-refractivity contribution in [2.24, 2.45) is 0 Å². The van der Waals surface area contributed by atoms with Gasteiger partial charge in [-0.15, -0.1) is 0 Å². The zero-order valence-corrected chi connectivity index (χ0v) is 13.3. The van der Waals surface area contributed by atoms with Gasteiger partial charge in [0.1, 0.15) is 12.1 Å². The summed E-state index contributed by atoms with van der Waals surface area (Å²) in [4.78, 5) is 25.4. The standard InChI is InChI=1S/C16H18F3N3O2/c1-21(15(11-20)7-3-2-4-8-15)14(24)10-22-9-12(16(17,18)19)5-6-13(22)23/h5-6,9H,2-4,7-8,10H2,1H3. The first-order chi connectivity index (χ1) is 11.2. The first kappa shape index (κ1) is 18.0. The molecule has 5 nitrogen and oxygen atoms in total. The largest absolute Gasteiger partial charge is 0.417 e. The zero-order chi connectivity index (χ0) is 18.0. The van der Waals surface area contributed by atoms with Gasteiger partial charge in [-0.05, 0) is 18.9 Å². The van der Waals surface area contributed by atoms with Gasteiger partial charge in [-0.1, -0.05) is 19.3 Å². The zero-order valence-electron chi connectivity index (χ0n) is 13.3. The Kier molecular flexibility index (Phi) is 5.02. The number of alkyl halides is 3. The molecule has 1 aliphatic rings. The van der Waals surface area contributed by atoms with Crippen LogP contribution < -0.4 is 5.56 Å². The van der Waals surface area contributed by atoms with Gasteiger partial charge in [-0.3, -0.25) is 9.59 Å². The molecule has 0 N–H and O–H groups in total. The van der Waals surface area contributed by atoms with Crippen LogP contribution in [0.4, 0.5) is 13.2 Å². The Morgan fingerprint density at radius 3 is 2.50 bits per heavy atom. The van der Waals surface area contributed by atoms with Gasteiger partial charge in [-0.25, -0.2) is 0 Å². The van der Waals surface area contributed by atoms with Gasteiger partial charge in [-0.2, -0.15) is 18.4 Å². The summed E-state index contributed by atoms with van der Waals surface area (Å²) in [5.74, 6) is -0.556. The van der Waals surface area contributed by atoms with E-state index >= 15 is 0 Å². The van der Waals surface area contributed by atoms with Gasteiger partial charge in [0, 0.05) is 19.3 Å². The lowest BCUT2D eigenvalue weighted by Crippen LogP contribution is -2.51. The normalized spacial score (nSPS) is 17.1. The fraction of sp³-hybridized carbons (Fsp3) is 0.562. The first-order valence-electron chi connectivity index (χ1n) is 7.65. The van der Waals surface area contributed by atoms with Crippen LogP contribution in [-0.2, 0) is 17.5 Å². The van der Waals surface area contributed by atoms with Crippen molar-refractivity contribution in [2.75, 3.05) is 7.05 Å². The highest BCUT2D eigenvalue weighted by atomic mass is 19.4. The lowest BCUT2D eigenvalue weighted by molar-refractivity contribution is -0.139. The summed E-state index contributed by atoms with van der Waals surface area (Å²) in [6.45, 7) is -0.525. The van der Waals surface area contributed by atoms with Gasteiger partial charge in [0.15, 0.2) is 0 Å². The van der Waals surface area contributed by atoms with Crippen LogP contribution in [-0.4, -0.2) is 28.0 Å². The Bertz CT molecular complexity index is 713. The first-order valence-corrected chi connectivity index (χ1v) is 7.65. The van der Waals surface area contributed by atoms with Crippen LogP contribution in [0.25, 0.3) is 0 Å². The highest BCUT2D eigenvalue weighted by molar-refractivity contribution is 5.77. The van der Waals surface area contributed by atoms with E-state index in [-0.39, 0.29) is 0 Å². The number of amides is 1. The number of carbonyl (C=O) groups excluding carboxylic acids is 1. The van der Waals surface area contributed by atoms with Crippen LogP contribution in [0.3, 0.4) is 0 Å². The van der Waals surface area contributed by atoms with E-state index in [0.29, 0.717) is 25.1 Å². The van der Waals surface area contributed by atoms with E-state index in [1.165, 1.54) is 11.9 Å². The lowest BCUT2D eigenvalue weighted by atomic mass is 9.81. The molecule has 0 atom stereocenters. The molecule has 0 bridgehead atoms. The predicted molar refractivity (Wildman–Crippen MR) is 79.9 cm³/mol. The molecule has 24 heavy (non-hydrogen) atoms. The maximum Gasteiger partial charge on any atom is 0.417 e. The number of nitriles is 1. The van der Waals surface area contributed by atoms with Crippen molar-refractivity contribution >= 4 is 5.91 Å². The minimum atomic E-state index is -4.60. The molecule has 0 spiro atoms. The summed E-state index contributed by atoms with van der Waals surface area (Å²) < 4.78 is 39.0. The molecule has 0 unspecified atom stereocenters. The molecule has 130 valence electrons. The Balaban J connectivity index is 2.23. The summed E-state index contributed by atoms with van der Waals surface area (Å²) >= 11 is 0. The smallest absolute Gasteiger partial charge is 0.325 e. The number of pyridine rings is 1. The molecular formula is C16H18F3N3O2. The molecule has 1 fully saturated rings. The number of hydrogen-bond acceptors (Lipinski definition) is 3. The Labute approximate surface area is 137 Å². The summed E-state index contributed by atoms with van der Waals surface area (Å²) in [7, 11) is 1.47. The molecule has 8 heteroatoms. The molecule has 1 aliphatic carbocycles. The van der Waals surface area contributed by atoms with Gasteiger partial charge >= 0.3 is 6.18 Å². The van der Waals surface area contributed by atoms with Crippen molar-refractivity contribution in [3.8, 4) is 6.07 Å². The fourth-order valence-corrected chi connectivity index (χ4v) is 2.97. The molecule has 1 aromatic rings. The molecule has 0 aromatic carbocycles. The third kappa shape index (κ3) is 3.61. The van der Waals surface area contributed by atoms with Gasteiger partial charge in [0.05, 0.1) is 11.6 Å². The van der Waals surface area contributed by atoms with E-state index in [0.717, 1.165) is 29.9 Å². The molecule has 1 heterocycles. The van der Waals surface area contributed by atoms with Crippen molar-refractivity contribution in [1.29, 1.82) is 5.26 Å². The van der Waals surface area contributed by atoms with Crippen LogP contribution in [0.2, 0.25) is 0 Å². The predicted octanol–water partition coefficient (Wildman–Crippen LogP) is 2.55. The van der Waals surface area contributed by atoms with Crippen molar-refractivity contribution < 1.29 is 18.0 Å². The number of rotatable bonds is 3. The van der Waals surface area contributed by atoms with E-state index in [2.05, 4.69) is 6.07 Å². The molecule has 0 radical (unpaired) electrons. The van der Waals surface area contributed by atoms with Crippen LogP contribution >= 0.6 is 0 Å². The van der Waals surface area contributed by atoms with Crippen LogP contribution in [0.5, 0.6) is 0 Å². The number of likely N-dealkylation sites (N-methyl/N-ethyl adjacent to an activating group) is 1. The SMILES string of the molecule is CN(C(=O)Cn1cc(C(F)(F)F)ccc1=O)C1(C#N)CCCCC1. The van der Waals surface area contributed by atoms with E-state index in [1.54, 1.807) is 0 Å². The van der Waals surface area contributed by atoms with Crippen molar-refractivity contribution in [3.63, 3.8) is 0 Å². The topological polar surface area (TPSA) is 66.1 Å². The second-order valence-corrected chi connectivity index (χ2v) is 6.04. The van der Waals surface area contributed by atoms with Crippen molar-refractivity contribution in [3.05, 3.63) is 34.2 Å². The van der Waals surface area contributed by atoms with Crippen LogP contribution in [0, 0.1) is 11.3 Å². The molecule has 0 saturated heterocycles. The second kappa shape index (κ2) is 6.67. The van der Waals surface area contributed by atoms with Crippen LogP contribution in [0.1, 0.15) is 37.7 Å². The Morgan fingerprint density at radius 2 is 1.96 bits per heavy atom. The number of aromatic nitrogens is 1. The number of carbonyl (C=O) groups is 1. The highest BCUT2D eigenvalue weighted by Gasteiger charge is 2.39.